The first-order valence-electron chi connectivity index (χ1n) is 16.3. The summed E-state index contributed by atoms with van der Waals surface area (Å²) in [5.74, 6) is 1.87. The number of aliphatic hydroxyl groups is 1. The van der Waals surface area contributed by atoms with Crippen LogP contribution >= 0.6 is 24.6 Å². The lowest BCUT2D eigenvalue weighted by molar-refractivity contribution is -0.166. The fraction of sp³-hybridized carbons (Fsp3) is 0.529. The third-order valence-corrected chi connectivity index (χ3v) is 9.96. The molecule has 46 heavy (non-hydrogen) atoms. The van der Waals surface area contributed by atoms with E-state index in [4.69, 9.17) is 21.5 Å². The number of carbonyl (C=O) groups is 2. The van der Waals surface area contributed by atoms with Crippen LogP contribution in [-0.2, 0) is 16.1 Å². The van der Waals surface area contributed by atoms with Gasteiger partial charge >= 0.3 is 4.84 Å². The number of aliphatic hydroxyl groups excluding tert-OH is 1. The molecule has 3 aliphatic rings. The number of ether oxygens (including phenoxy) is 1. The smallest absolute Gasteiger partial charge is 0.314 e. The second-order valence-corrected chi connectivity index (χ2v) is 13.0. The molecule has 3 aromatic rings. The summed E-state index contributed by atoms with van der Waals surface area (Å²) in [4.78, 5) is 36.1. The Kier molecular flexibility index (Phi) is 11.2. The van der Waals surface area contributed by atoms with Crippen molar-refractivity contribution < 1.29 is 24.0 Å². The molecule has 0 unspecified atom stereocenters. The Bertz CT molecular complexity index is 1510. The number of aromatic nitrogens is 2. The fourth-order valence-corrected chi connectivity index (χ4v) is 7.26. The Balaban J connectivity index is 0.00000417. The van der Waals surface area contributed by atoms with Gasteiger partial charge in [0.1, 0.15) is 23.1 Å². The normalized spacial score (nSPS) is 21.1. The lowest BCUT2D eigenvalue weighted by Crippen LogP contribution is -2.75. The summed E-state index contributed by atoms with van der Waals surface area (Å²) in [6, 6.07) is 14.7. The summed E-state index contributed by atoms with van der Waals surface area (Å²) in [5.41, 5.74) is 1.15. The minimum atomic E-state index is -0.849. The highest BCUT2D eigenvalue weighted by Crippen LogP contribution is 2.36. The zero-order valence-electron chi connectivity index (χ0n) is 26.3. The number of hydrogen-bond donors (Lipinski definition) is 3. The van der Waals surface area contributed by atoms with Crippen molar-refractivity contribution in [3.63, 3.8) is 0 Å². The molecule has 3 N–H and O–H groups in total. The quantitative estimate of drug-likeness (QED) is 0.224. The minimum Gasteiger partial charge on any atom is -0.457 e. The van der Waals surface area contributed by atoms with Crippen LogP contribution in [0.2, 0.25) is 0 Å². The third-order valence-electron chi connectivity index (χ3n) is 9.78. The van der Waals surface area contributed by atoms with Gasteiger partial charge in [-0.05, 0) is 92.2 Å². The van der Waals surface area contributed by atoms with Crippen molar-refractivity contribution in [1.82, 2.24) is 25.3 Å². The average molecular weight is 670 g/mol. The molecule has 1 aliphatic carbocycles. The summed E-state index contributed by atoms with van der Waals surface area (Å²) in [6.07, 6.45) is 7.25. The van der Waals surface area contributed by atoms with Gasteiger partial charge in [-0.25, -0.2) is 5.16 Å². The van der Waals surface area contributed by atoms with Crippen LogP contribution in [0.4, 0.5) is 0 Å². The van der Waals surface area contributed by atoms with Gasteiger partial charge in [0, 0.05) is 31.7 Å². The van der Waals surface area contributed by atoms with Crippen molar-refractivity contribution >= 4 is 36.4 Å². The van der Waals surface area contributed by atoms with Gasteiger partial charge in [0.05, 0.1) is 6.10 Å². The number of halogens is 1. The molecule has 0 bridgehead atoms. The molecule has 2 amide bonds. The first kappa shape index (κ1) is 34.1. The van der Waals surface area contributed by atoms with E-state index in [2.05, 4.69) is 39.4 Å². The number of hydrogen-bond acceptors (Lipinski definition) is 8. The molecule has 2 atom stereocenters. The summed E-state index contributed by atoms with van der Waals surface area (Å²) in [7, 11) is 0. The molecule has 248 valence electrons. The number of H-pyrrole nitrogens is 1. The second-order valence-electron chi connectivity index (χ2n) is 12.7. The number of piperazine rings is 1. The second kappa shape index (κ2) is 15.1. The van der Waals surface area contributed by atoms with E-state index in [-0.39, 0.29) is 35.0 Å². The molecular formula is C34H44ClN5O5S. The molecule has 10 nitrogen and oxygen atoms in total. The molecule has 3 fully saturated rings. The van der Waals surface area contributed by atoms with Crippen LogP contribution in [0.1, 0.15) is 70.3 Å². The van der Waals surface area contributed by atoms with E-state index in [1.54, 1.807) is 0 Å². The Labute approximate surface area is 281 Å². The maximum Gasteiger partial charge on any atom is 0.314 e. The van der Waals surface area contributed by atoms with Gasteiger partial charge in [-0.2, -0.15) is 4.98 Å². The van der Waals surface area contributed by atoms with Gasteiger partial charge < -0.3 is 24.6 Å². The maximum atomic E-state index is 13.9. The van der Waals surface area contributed by atoms with Crippen molar-refractivity contribution in [3.05, 3.63) is 58.9 Å². The largest absolute Gasteiger partial charge is 0.457 e. The van der Waals surface area contributed by atoms with E-state index in [1.807, 2.05) is 41.3 Å². The van der Waals surface area contributed by atoms with E-state index in [0.29, 0.717) is 44.0 Å². The van der Waals surface area contributed by atoms with E-state index in [9.17, 15) is 14.7 Å². The number of likely N-dealkylation sites (tertiary alicyclic amines) is 1. The number of unbranched alkanes of at least 4 members (excludes halogenated alkanes) is 1. The van der Waals surface area contributed by atoms with Crippen molar-refractivity contribution in [2.75, 3.05) is 19.6 Å². The van der Waals surface area contributed by atoms with Gasteiger partial charge in [-0.15, -0.1) is 12.4 Å². The van der Waals surface area contributed by atoms with Crippen molar-refractivity contribution in [2.45, 2.75) is 88.9 Å². The predicted octanol–water partition coefficient (Wildman–Crippen LogP) is 6.02. The molecule has 2 aliphatic heterocycles. The average Bonchev–Trinajstić information content (AvgIpc) is 3.51. The van der Waals surface area contributed by atoms with Gasteiger partial charge in [0.15, 0.2) is 5.82 Å². The summed E-state index contributed by atoms with van der Waals surface area (Å²) in [5, 5.41) is 16.9. The van der Waals surface area contributed by atoms with E-state index in [1.165, 1.54) is 6.42 Å². The third kappa shape index (κ3) is 7.33. The number of nitrogens with zero attached hydrogens (tertiary/aromatic N) is 3. The predicted molar refractivity (Wildman–Crippen MR) is 179 cm³/mol. The topological polar surface area (TPSA) is 124 Å². The maximum absolute atomic E-state index is 13.9. The van der Waals surface area contributed by atoms with Gasteiger partial charge in [-0.3, -0.25) is 14.5 Å². The molecule has 12 heteroatoms. The first-order chi connectivity index (χ1) is 21.9. The molecule has 2 aromatic carbocycles. The summed E-state index contributed by atoms with van der Waals surface area (Å²) < 4.78 is 11.0. The molecular weight excluding hydrogens is 626 g/mol. The Morgan fingerprint density at radius 1 is 1.04 bits per heavy atom. The number of nitrogens with one attached hydrogen (secondary N) is 2. The Morgan fingerprint density at radius 3 is 2.30 bits per heavy atom. The SMILES string of the molecule is CCCCN1C(=O)[C@@H]([C@H](O)C2CCCCC2)NC(=O)C12CCN(Cc1ccc(Oc3ccc(-c4nc(=S)o[nH]4)cc3)cc1)CC2.Cl. The lowest BCUT2D eigenvalue weighted by Gasteiger charge is -2.52. The Morgan fingerprint density at radius 2 is 1.70 bits per heavy atom. The number of amides is 2. The molecule has 1 saturated carbocycles. The zero-order valence-corrected chi connectivity index (χ0v) is 27.9. The van der Waals surface area contributed by atoms with Crippen LogP contribution in [0, 0.1) is 10.8 Å². The number of benzene rings is 2. The summed E-state index contributed by atoms with van der Waals surface area (Å²) in [6.45, 7) is 4.81. The number of aromatic amines is 1. The minimum absolute atomic E-state index is 0. The first-order valence-corrected chi connectivity index (χ1v) is 16.7. The van der Waals surface area contributed by atoms with Gasteiger partial charge in [0.2, 0.25) is 11.8 Å². The molecule has 3 heterocycles. The number of piperidine rings is 1. The van der Waals surface area contributed by atoms with Crippen LogP contribution in [0.5, 0.6) is 11.5 Å². The molecule has 1 spiro atoms. The highest BCUT2D eigenvalue weighted by atomic mass is 35.5. The fourth-order valence-electron chi connectivity index (χ4n) is 7.13. The van der Waals surface area contributed by atoms with Crippen molar-refractivity contribution in [3.8, 4) is 22.9 Å². The van der Waals surface area contributed by atoms with Crippen LogP contribution in [0.15, 0.2) is 53.1 Å². The van der Waals surface area contributed by atoms with Gasteiger partial charge in [-0.1, -0.05) is 44.7 Å². The standard InChI is InChI=1S/C34H43N5O5S.ClH/c1-2-3-19-39-31(41)28(29(40)24-7-5-4-6-8-24)35-32(42)34(39)17-20-38(21-18-34)22-23-9-13-26(14-10-23)43-27-15-11-25(12-16-27)30-36-33(45)44-37-30;/h9-16,24,28-29,40H,2-8,17-22H2,1H3,(H,35,42)(H,36,37,45);1H/t28-,29-;/m1./s1. The zero-order chi connectivity index (χ0) is 31.4. The lowest BCUT2D eigenvalue weighted by atomic mass is 9.78. The Hall–Kier alpha value is -3.25. The van der Waals surface area contributed by atoms with Crippen LogP contribution in [0.25, 0.3) is 11.4 Å². The van der Waals surface area contributed by atoms with Crippen molar-refractivity contribution in [1.29, 1.82) is 0 Å². The monoisotopic (exact) mass is 669 g/mol. The highest BCUT2D eigenvalue weighted by Gasteiger charge is 2.55. The van der Waals surface area contributed by atoms with Crippen LogP contribution < -0.4 is 10.1 Å². The van der Waals surface area contributed by atoms with E-state index in [0.717, 1.165) is 61.9 Å². The van der Waals surface area contributed by atoms with E-state index < -0.39 is 17.7 Å². The van der Waals surface area contributed by atoms with Crippen LogP contribution in [0.3, 0.4) is 0 Å². The van der Waals surface area contributed by atoms with Crippen molar-refractivity contribution in [2.24, 2.45) is 5.92 Å². The molecule has 1 aromatic heterocycles. The number of carbonyl (C=O) groups excluding carboxylic acids is 2. The summed E-state index contributed by atoms with van der Waals surface area (Å²) >= 11 is 4.92. The van der Waals surface area contributed by atoms with Gasteiger partial charge in [0.25, 0.3) is 0 Å². The molecule has 0 radical (unpaired) electrons. The number of rotatable bonds is 10. The van der Waals surface area contributed by atoms with Crippen LogP contribution in [-0.4, -0.2) is 74.2 Å². The van der Waals surface area contributed by atoms with E-state index >= 15 is 0 Å². The molecule has 6 rings (SSSR count). The molecule has 2 saturated heterocycles. The highest BCUT2D eigenvalue weighted by molar-refractivity contribution is 7.71.